The molecule has 1 unspecified atom stereocenters. The number of carbonyl (C=O) groups excluding carboxylic acids is 1. The molecule has 0 aromatic heterocycles. The van der Waals surface area contributed by atoms with E-state index in [1.165, 1.54) is 13.2 Å². The third-order valence-electron chi connectivity index (χ3n) is 3.17. The standard InChI is InChI=1S/C14H19NO4/c1-10-9-15(6-3-7-19-10)14(17)11-4-5-13(18-2)12(16)8-11/h4-5,8,10,16H,3,6-7,9H2,1-2H3. The number of nitrogens with zero attached hydrogens (tertiary/aromatic N) is 1. The molecule has 0 spiro atoms. The van der Waals surface area contributed by atoms with Crippen molar-refractivity contribution in [1.29, 1.82) is 0 Å². The zero-order chi connectivity index (χ0) is 13.8. The van der Waals surface area contributed by atoms with Crippen LogP contribution in [0.1, 0.15) is 23.7 Å². The van der Waals surface area contributed by atoms with E-state index in [-0.39, 0.29) is 17.8 Å². The normalized spacial score (nSPS) is 19.9. The first-order valence-corrected chi connectivity index (χ1v) is 6.39. The molecule has 1 heterocycles. The lowest BCUT2D eigenvalue weighted by Gasteiger charge is -2.22. The number of benzene rings is 1. The fraction of sp³-hybridized carbons (Fsp3) is 0.500. The van der Waals surface area contributed by atoms with Gasteiger partial charge in [0, 0.05) is 25.3 Å². The van der Waals surface area contributed by atoms with Crippen molar-refractivity contribution in [1.82, 2.24) is 4.90 Å². The highest BCUT2D eigenvalue weighted by molar-refractivity contribution is 5.95. The molecule has 0 bridgehead atoms. The third-order valence-corrected chi connectivity index (χ3v) is 3.17. The molecular formula is C14H19NO4. The van der Waals surface area contributed by atoms with Gasteiger partial charge in [0.15, 0.2) is 11.5 Å². The van der Waals surface area contributed by atoms with E-state index in [2.05, 4.69) is 0 Å². The lowest BCUT2D eigenvalue weighted by molar-refractivity contribution is 0.0562. The molecule has 2 rings (SSSR count). The van der Waals surface area contributed by atoms with Crippen LogP contribution in [0.15, 0.2) is 18.2 Å². The predicted molar refractivity (Wildman–Crippen MR) is 70.6 cm³/mol. The molecule has 1 fully saturated rings. The van der Waals surface area contributed by atoms with Crippen LogP contribution in [0.2, 0.25) is 0 Å². The number of phenolic OH excluding ortho intramolecular Hbond substituents is 1. The molecule has 5 heteroatoms. The van der Waals surface area contributed by atoms with E-state index in [1.54, 1.807) is 17.0 Å². The molecule has 19 heavy (non-hydrogen) atoms. The van der Waals surface area contributed by atoms with Gasteiger partial charge in [0.05, 0.1) is 13.2 Å². The molecule has 104 valence electrons. The second-order valence-corrected chi connectivity index (χ2v) is 4.67. The summed E-state index contributed by atoms with van der Waals surface area (Å²) in [4.78, 5) is 14.1. The van der Waals surface area contributed by atoms with Gasteiger partial charge in [0.25, 0.3) is 5.91 Å². The molecule has 1 atom stereocenters. The third kappa shape index (κ3) is 3.17. The molecule has 1 aliphatic rings. The predicted octanol–water partition coefficient (Wildman–Crippen LogP) is 1.65. The number of rotatable bonds is 2. The second kappa shape index (κ2) is 5.93. The maximum Gasteiger partial charge on any atom is 0.254 e. The Morgan fingerprint density at radius 2 is 2.32 bits per heavy atom. The molecule has 1 N–H and O–H groups in total. The van der Waals surface area contributed by atoms with E-state index in [4.69, 9.17) is 9.47 Å². The zero-order valence-corrected chi connectivity index (χ0v) is 11.3. The minimum absolute atomic E-state index is 0.0209. The van der Waals surface area contributed by atoms with E-state index in [1.807, 2.05) is 6.92 Å². The summed E-state index contributed by atoms with van der Waals surface area (Å²) in [6, 6.07) is 4.70. The molecule has 1 aromatic rings. The van der Waals surface area contributed by atoms with Gasteiger partial charge in [-0.3, -0.25) is 4.79 Å². The summed E-state index contributed by atoms with van der Waals surface area (Å²) in [6.07, 6.45) is 0.872. The Labute approximate surface area is 112 Å². The van der Waals surface area contributed by atoms with Gasteiger partial charge in [-0.25, -0.2) is 0 Å². The number of methoxy groups -OCH3 is 1. The number of amides is 1. The van der Waals surface area contributed by atoms with Crippen LogP contribution >= 0.6 is 0 Å². The average Bonchev–Trinajstić information content (AvgIpc) is 2.62. The Kier molecular flexibility index (Phi) is 4.27. The largest absolute Gasteiger partial charge is 0.504 e. The van der Waals surface area contributed by atoms with Crippen LogP contribution in [0.4, 0.5) is 0 Å². The van der Waals surface area contributed by atoms with Gasteiger partial charge in [-0.1, -0.05) is 0 Å². The van der Waals surface area contributed by atoms with Gasteiger partial charge < -0.3 is 19.5 Å². The highest BCUT2D eigenvalue weighted by Gasteiger charge is 2.21. The first-order valence-electron chi connectivity index (χ1n) is 6.39. The minimum atomic E-state index is -0.0877. The van der Waals surface area contributed by atoms with Gasteiger partial charge in [-0.2, -0.15) is 0 Å². The molecule has 1 amide bonds. The fourth-order valence-electron chi connectivity index (χ4n) is 2.18. The summed E-state index contributed by atoms with van der Waals surface area (Å²) >= 11 is 0. The summed E-state index contributed by atoms with van der Waals surface area (Å²) in [5.41, 5.74) is 0.465. The Morgan fingerprint density at radius 3 is 3.00 bits per heavy atom. The first kappa shape index (κ1) is 13.7. The maximum atomic E-state index is 12.4. The van der Waals surface area contributed by atoms with E-state index in [9.17, 15) is 9.90 Å². The number of aromatic hydroxyl groups is 1. The lowest BCUT2D eigenvalue weighted by Crippen LogP contribution is -2.35. The Bertz CT molecular complexity index is 461. The van der Waals surface area contributed by atoms with Crippen LogP contribution in [-0.2, 0) is 4.74 Å². The molecular weight excluding hydrogens is 246 g/mol. The monoisotopic (exact) mass is 265 g/mol. The van der Waals surface area contributed by atoms with Crippen molar-refractivity contribution in [2.24, 2.45) is 0 Å². The molecule has 1 saturated heterocycles. The molecule has 5 nitrogen and oxygen atoms in total. The topological polar surface area (TPSA) is 59.0 Å². The molecule has 1 aliphatic heterocycles. The first-order chi connectivity index (χ1) is 9.11. The Morgan fingerprint density at radius 1 is 1.53 bits per heavy atom. The van der Waals surface area contributed by atoms with Crippen LogP contribution in [0.5, 0.6) is 11.5 Å². The average molecular weight is 265 g/mol. The van der Waals surface area contributed by atoms with Gasteiger partial charge in [-0.05, 0) is 31.5 Å². The van der Waals surface area contributed by atoms with Gasteiger partial charge in [0.1, 0.15) is 0 Å². The Balaban J connectivity index is 2.16. The van der Waals surface area contributed by atoms with E-state index in [0.717, 1.165) is 6.42 Å². The molecule has 1 aromatic carbocycles. The van der Waals surface area contributed by atoms with Crippen LogP contribution in [0, 0.1) is 0 Å². The summed E-state index contributed by atoms with van der Waals surface area (Å²) < 4.78 is 10.5. The zero-order valence-electron chi connectivity index (χ0n) is 11.3. The summed E-state index contributed by atoms with van der Waals surface area (Å²) in [7, 11) is 1.48. The maximum absolute atomic E-state index is 12.4. The van der Waals surface area contributed by atoms with Crippen LogP contribution in [-0.4, -0.2) is 48.8 Å². The van der Waals surface area contributed by atoms with Gasteiger partial charge >= 0.3 is 0 Å². The summed E-state index contributed by atoms with van der Waals surface area (Å²) in [5, 5.41) is 9.73. The highest BCUT2D eigenvalue weighted by atomic mass is 16.5. The van der Waals surface area contributed by atoms with E-state index >= 15 is 0 Å². The van der Waals surface area contributed by atoms with Crippen molar-refractivity contribution in [2.75, 3.05) is 26.8 Å². The minimum Gasteiger partial charge on any atom is -0.504 e. The highest BCUT2D eigenvalue weighted by Crippen LogP contribution is 2.27. The number of hydrogen-bond donors (Lipinski definition) is 1. The van der Waals surface area contributed by atoms with Gasteiger partial charge in [0.2, 0.25) is 0 Å². The number of hydrogen-bond acceptors (Lipinski definition) is 4. The second-order valence-electron chi connectivity index (χ2n) is 4.67. The SMILES string of the molecule is COc1ccc(C(=O)N2CCCOC(C)C2)cc1O. The van der Waals surface area contributed by atoms with Crippen molar-refractivity contribution in [2.45, 2.75) is 19.4 Å². The quantitative estimate of drug-likeness (QED) is 0.883. The number of phenols is 1. The van der Waals surface area contributed by atoms with Crippen LogP contribution in [0.25, 0.3) is 0 Å². The fourth-order valence-corrected chi connectivity index (χ4v) is 2.18. The molecule has 0 radical (unpaired) electrons. The van der Waals surface area contributed by atoms with Gasteiger partial charge in [-0.15, -0.1) is 0 Å². The van der Waals surface area contributed by atoms with Crippen molar-refractivity contribution in [3.8, 4) is 11.5 Å². The molecule has 0 saturated carbocycles. The van der Waals surface area contributed by atoms with Crippen molar-refractivity contribution < 1.29 is 19.4 Å². The summed E-state index contributed by atoms with van der Waals surface area (Å²) in [6.45, 7) is 3.89. The van der Waals surface area contributed by atoms with E-state index < -0.39 is 0 Å². The Hall–Kier alpha value is -1.75. The van der Waals surface area contributed by atoms with Crippen LogP contribution < -0.4 is 4.74 Å². The number of ether oxygens (including phenoxy) is 2. The van der Waals surface area contributed by atoms with Crippen LogP contribution in [0.3, 0.4) is 0 Å². The van der Waals surface area contributed by atoms with Crippen molar-refractivity contribution >= 4 is 5.91 Å². The smallest absolute Gasteiger partial charge is 0.254 e. The lowest BCUT2D eigenvalue weighted by atomic mass is 10.1. The molecule has 0 aliphatic carbocycles. The van der Waals surface area contributed by atoms with Crippen molar-refractivity contribution in [3.63, 3.8) is 0 Å². The van der Waals surface area contributed by atoms with E-state index in [0.29, 0.717) is 31.0 Å². The van der Waals surface area contributed by atoms with Crippen molar-refractivity contribution in [3.05, 3.63) is 23.8 Å². The summed E-state index contributed by atoms with van der Waals surface area (Å²) in [5.74, 6) is 0.256. The number of carbonyl (C=O) groups is 1.